The summed E-state index contributed by atoms with van der Waals surface area (Å²) in [5, 5.41) is 6.74. The van der Waals surface area contributed by atoms with Crippen molar-refractivity contribution in [2.75, 3.05) is 66.2 Å². The summed E-state index contributed by atoms with van der Waals surface area (Å²) < 4.78 is 10.4. The Morgan fingerprint density at radius 2 is 2.08 bits per heavy atom. The van der Waals surface area contributed by atoms with Gasteiger partial charge in [0.05, 0.1) is 13.2 Å². The van der Waals surface area contributed by atoms with Gasteiger partial charge in [0.25, 0.3) is 0 Å². The Labute approximate surface area is 148 Å². The summed E-state index contributed by atoms with van der Waals surface area (Å²) in [5.74, 6) is 1.78. The van der Waals surface area contributed by atoms with Crippen molar-refractivity contribution in [1.82, 2.24) is 15.5 Å². The lowest BCUT2D eigenvalue weighted by molar-refractivity contribution is 0.0702. The fourth-order valence-electron chi connectivity index (χ4n) is 2.94. The fraction of sp³-hybridized carbons (Fsp3) is 0.944. The summed E-state index contributed by atoms with van der Waals surface area (Å²) in [4.78, 5) is 7.19. The van der Waals surface area contributed by atoms with Crippen LogP contribution in [0.25, 0.3) is 0 Å². The van der Waals surface area contributed by atoms with Gasteiger partial charge in [-0.25, -0.2) is 0 Å². The van der Waals surface area contributed by atoms with E-state index in [1.165, 1.54) is 32.5 Å². The van der Waals surface area contributed by atoms with Crippen LogP contribution in [0.15, 0.2) is 4.99 Å². The lowest BCUT2D eigenvalue weighted by Gasteiger charge is -2.30. The maximum Gasteiger partial charge on any atom is 0.191 e. The summed E-state index contributed by atoms with van der Waals surface area (Å²) in [5.41, 5.74) is 0. The largest absolute Gasteiger partial charge is 0.382 e. The van der Waals surface area contributed by atoms with Gasteiger partial charge in [0.2, 0.25) is 0 Å². The lowest BCUT2D eigenvalue weighted by atomic mass is 10.0. The first kappa shape index (κ1) is 21.2. The predicted octanol–water partition coefficient (Wildman–Crippen LogP) is 1.72. The topological polar surface area (TPSA) is 58.1 Å². The van der Waals surface area contributed by atoms with Crippen LogP contribution in [-0.2, 0) is 9.47 Å². The molecule has 1 aliphatic rings. The number of methoxy groups -OCH3 is 1. The van der Waals surface area contributed by atoms with E-state index in [0.717, 1.165) is 51.0 Å². The normalized spacial score (nSPS) is 19.5. The number of ether oxygens (including phenoxy) is 2. The van der Waals surface area contributed by atoms with Crippen molar-refractivity contribution in [3.05, 3.63) is 0 Å². The third-order valence-electron chi connectivity index (χ3n) is 4.18. The number of rotatable bonds is 12. The van der Waals surface area contributed by atoms with Gasteiger partial charge in [0.15, 0.2) is 5.96 Å². The molecule has 0 bridgehead atoms. The highest BCUT2D eigenvalue weighted by Gasteiger charge is 2.15. The Bertz CT molecular complexity index is 326. The molecule has 0 radical (unpaired) electrons. The minimum Gasteiger partial charge on any atom is -0.382 e. The first-order valence-corrected chi connectivity index (χ1v) is 9.57. The highest BCUT2D eigenvalue weighted by Crippen LogP contribution is 2.15. The smallest absolute Gasteiger partial charge is 0.191 e. The third-order valence-corrected chi connectivity index (χ3v) is 4.18. The van der Waals surface area contributed by atoms with Crippen LogP contribution in [0.3, 0.4) is 0 Å². The number of likely N-dealkylation sites (tertiary alicyclic amines) is 1. The summed E-state index contributed by atoms with van der Waals surface area (Å²) in [6, 6.07) is 0. The van der Waals surface area contributed by atoms with Crippen LogP contribution in [-0.4, -0.2) is 77.1 Å². The van der Waals surface area contributed by atoms with Gasteiger partial charge in [-0.3, -0.25) is 4.99 Å². The molecule has 1 rings (SSSR count). The minimum atomic E-state index is 0.656. The number of guanidine groups is 1. The maximum absolute atomic E-state index is 5.45. The Morgan fingerprint density at radius 3 is 2.83 bits per heavy atom. The van der Waals surface area contributed by atoms with E-state index in [0.29, 0.717) is 13.2 Å². The summed E-state index contributed by atoms with van der Waals surface area (Å²) in [6.45, 7) is 12.9. The molecule has 1 aliphatic heterocycles. The zero-order valence-electron chi connectivity index (χ0n) is 16.0. The van der Waals surface area contributed by atoms with Crippen molar-refractivity contribution < 1.29 is 9.47 Å². The van der Waals surface area contributed by atoms with Crippen LogP contribution in [0.1, 0.15) is 39.5 Å². The first-order chi connectivity index (χ1) is 11.8. The molecule has 142 valence electrons. The number of nitrogens with one attached hydrogen (secondary N) is 2. The van der Waals surface area contributed by atoms with E-state index in [-0.39, 0.29) is 0 Å². The number of nitrogens with zero attached hydrogens (tertiary/aromatic N) is 2. The highest BCUT2D eigenvalue weighted by atomic mass is 16.5. The molecule has 0 aliphatic carbocycles. The van der Waals surface area contributed by atoms with Crippen molar-refractivity contribution in [3.63, 3.8) is 0 Å². The predicted molar refractivity (Wildman–Crippen MR) is 101 cm³/mol. The van der Waals surface area contributed by atoms with Gasteiger partial charge in [-0.1, -0.05) is 6.92 Å². The Balaban J connectivity index is 2.09. The van der Waals surface area contributed by atoms with Crippen LogP contribution in [0.2, 0.25) is 0 Å². The molecule has 6 nitrogen and oxygen atoms in total. The van der Waals surface area contributed by atoms with E-state index in [9.17, 15) is 0 Å². The highest BCUT2D eigenvalue weighted by molar-refractivity contribution is 5.79. The number of hydrogen-bond acceptors (Lipinski definition) is 4. The lowest BCUT2D eigenvalue weighted by Crippen LogP contribution is -2.40. The van der Waals surface area contributed by atoms with E-state index >= 15 is 0 Å². The molecule has 1 atom stereocenters. The summed E-state index contributed by atoms with van der Waals surface area (Å²) in [7, 11) is 1.69. The molecule has 0 amide bonds. The maximum atomic E-state index is 5.45. The molecule has 0 spiro atoms. The van der Waals surface area contributed by atoms with Crippen LogP contribution in [0, 0.1) is 5.92 Å². The van der Waals surface area contributed by atoms with Gasteiger partial charge >= 0.3 is 0 Å². The summed E-state index contributed by atoms with van der Waals surface area (Å²) in [6.07, 6.45) is 4.84. The van der Waals surface area contributed by atoms with E-state index in [2.05, 4.69) is 34.4 Å². The van der Waals surface area contributed by atoms with Crippen molar-refractivity contribution in [2.24, 2.45) is 10.9 Å². The van der Waals surface area contributed by atoms with Crippen LogP contribution in [0.4, 0.5) is 0 Å². The number of hydrogen-bond donors (Lipinski definition) is 2. The number of aliphatic imine (C=N–C) groups is 1. The van der Waals surface area contributed by atoms with Crippen molar-refractivity contribution in [1.29, 1.82) is 0 Å². The van der Waals surface area contributed by atoms with Crippen molar-refractivity contribution >= 4 is 5.96 Å². The first-order valence-electron chi connectivity index (χ1n) is 9.57. The zero-order valence-corrected chi connectivity index (χ0v) is 16.0. The number of piperidine rings is 1. The van der Waals surface area contributed by atoms with Crippen LogP contribution in [0.5, 0.6) is 0 Å². The molecule has 1 fully saturated rings. The monoisotopic (exact) mass is 342 g/mol. The van der Waals surface area contributed by atoms with E-state index in [4.69, 9.17) is 9.47 Å². The molecule has 0 aromatic rings. The average molecular weight is 343 g/mol. The molecule has 1 unspecified atom stereocenters. The van der Waals surface area contributed by atoms with Crippen LogP contribution >= 0.6 is 0 Å². The van der Waals surface area contributed by atoms with Gasteiger partial charge in [0.1, 0.15) is 0 Å². The molecule has 0 aromatic carbocycles. The van der Waals surface area contributed by atoms with E-state index < -0.39 is 0 Å². The standard InChI is InChI=1S/C18H38N4O2/c1-4-19-18(21-10-7-13-24-15-14-23-3)20-9-6-12-22-11-5-8-17(2)16-22/h17H,4-16H2,1-3H3,(H2,19,20,21). The van der Waals surface area contributed by atoms with E-state index in [1.807, 2.05) is 0 Å². The molecular formula is C18H38N4O2. The molecule has 2 N–H and O–H groups in total. The molecule has 0 aromatic heterocycles. The zero-order chi connectivity index (χ0) is 17.5. The molecule has 1 saturated heterocycles. The van der Waals surface area contributed by atoms with Gasteiger partial charge in [-0.05, 0) is 51.6 Å². The second-order valence-electron chi connectivity index (χ2n) is 6.55. The van der Waals surface area contributed by atoms with Gasteiger partial charge in [-0.2, -0.15) is 0 Å². The molecule has 24 heavy (non-hydrogen) atoms. The Hall–Kier alpha value is -0.850. The quantitative estimate of drug-likeness (QED) is 0.321. The van der Waals surface area contributed by atoms with E-state index in [1.54, 1.807) is 7.11 Å². The van der Waals surface area contributed by atoms with Gasteiger partial charge in [0, 0.05) is 39.9 Å². The molecular weight excluding hydrogens is 304 g/mol. The van der Waals surface area contributed by atoms with Crippen LogP contribution < -0.4 is 10.6 Å². The SMILES string of the molecule is CCNC(=NCCCOCCOC)NCCCN1CCCC(C)C1. The average Bonchev–Trinajstić information content (AvgIpc) is 2.58. The second-order valence-corrected chi connectivity index (χ2v) is 6.55. The molecule has 1 heterocycles. The summed E-state index contributed by atoms with van der Waals surface area (Å²) >= 11 is 0. The molecule has 6 heteroatoms. The van der Waals surface area contributed by atoms with Crippen molar-refractivity contribution in [3.8, 4) is 0 Å². The van der Waals surface area contributed by atoms with Gasteiger partial charge in [-0.15, -0.1) is 0 Å². The van der Waals surface area contributed by atoms with Crippen molar-refractivity contribution in [2.45, 2.75) is 39.5 Å². The minimum absolute atomic E-state index is 0.656. The third kappa shape index (κ3) is 10.8. The Morgan fingerprint density at radius 1 is 1.21 bits per heavy atom. The second kappa shape index (κ2) is 14.5. The Kier molecular flexibility index (Phi) is 12.8. The molecule has 0 saturated carbocycles. The fourth-order valence-corrected chi connectivity index (χ4v) is 2.94. The van der Waals surface area contributed by atoms with Gasteiger partial charge < -0.3 is 25.0 Å².